The number of hydrogen-bond donors (Lipinski definition) is 0. The molecule has 0 N–H and O–H groups in total. The Morgan fingerprint density at radius 1 is 1.12 bits per heavy atom. The smallest absolute Gasteiger partial charge is 0.488 e. The maximum atomic E-state index is 10.3. The van der Waals surface area contributed by atoms with Crippen molar-refractivity contribution in [3.05, 3.63) is 48.0 Å². The summed E-state index contributed by atoms with van der Waals surface area (Å²) in [5.41, 5.74) is 1.11. The summed E-state index contributed by atoms with van der Waals surface area (Å²) in [5.74, 6) is 0. The molecule has 1 unspecified atom stereocenters. The lowest BCUT2D eigenvalue weighted by molar-refractivity contribution is -0.185. The lowest BCUT2D eigenvalue weighted by atomic mass is 10.0. The van der Waals surface area contributed by atoms with E-state index in [1.807, 2.05) is 42.5 Å². The van der Waals surface area contributed by atoms with Gasteiger partial charge in [0.05, 0.1) is 0 Å². The van der Waals surface area contributed by atoms with Crippen molar-refractivity contribution in [2.75, 3.05) is 6.61 Å². The molecule has 0 amide bonds. The van der Waals surface area contributed by atoms with Crippen LogP contribution in [-0.2, 0) is 15.5 Å². The molecule has 0 aliphatic rings. The third-order valence-corrected chi connectivity index (χ3v) is 2.84. The number of hydrogen-bond acceptors (Lipinski definition) is 3. The Bertz CT molecular complexity index is 505. The van der Waals surface area contributed by atoms with Gasteiger partial charge in [0.25, 0.3) is 0 Å². The quantitative estimate of drug-likeness (QED) is 0.763. The molecule has 4 heteroatoms. The maximum absolute atomic E-state index is 10.3. The molecule has 0 bridgehead atoms. The number of fused-ring (bicyclic) bond motifs is 1. The minimum absolute atomic E-state index is 0.201. The van der Waals surface area contributed by atoms with Crippen LogP contribution in [0, 0.1) is 0 Å². The summed E-state index contributed by atoms with van der Waals surface area (Å²) in [7, 11) is -2.74. The van der Waals surface area contributed by atoms with Crippen LogP contribution in [0.4, 0.5) is 0 Å². The Morgan fingerprint density at radius 2 is 1.88 bits per heavy atom. The van der Waals surface area contributed by atoms with Crippen LogP contribution in [-0.4, -0.2) is 6.61 Å². The summed E-state index contributed by atoms with van der Waals surface area (Å²) in [4.78, 5) is 10.3. The second-order valence-corrected chi connectivity index (χ2v) is 4.15. The van der Waals surface area contributed by atoms with Crippen molar-refractivity contribution in [3.63, 3.8) is 0 Å². The fourth-order valence-corrected chi connectivity index (χ4v) is 1.98. The predicted molar refractivity (Wildman–Crippen MR) is 61.2 cm³/mol. The van der Waals surface area contributed by atoms with Gasteiger partial charge in [0.2, 0.25) is 0 Å². The molecule has 0 radical (unpaired) electrons. The molecule has 0 fully saturated rings. The second kappa shape index (κ2) is 5.17. The van der Waals surface area contributed by atoms with E-state index in [1.54, 1.807) is 0 Å². The average Bonchev–Trinajstić information content (AvgIpc) is 2.29. The maximum Gasteiger partial charge on any atom is 0.488 e. The van der Waals surface area contributed by atoms with Crippen molar-refractivity contribution in [2.45, 2.75) is 6.42 Å². The van der Waals surface area contributed by atoms with Crippen LogP contribution in [0.3, 0.4) is 0 Å². The fourth-order valence-electron chi connectivity index (χ4n) is 1.74. The van der Waals surface area contributed by atoms with Crippen LogP contribution < -0.4 is 4.89 Å². The van der Waals surface area contributed by atoms with Gasteiger partial charge in [0.15, 0.2) is 0 Å². The first-order chi connectivity index (χ1) is 7.77. The highest BCUT2D eigenvalue weighted by atomic mass is 31.1. The molecule has 0 heterocycles. The topological polar surface area (TPSA) is 49.4 Å². The summed E-state index contributed by atoms with van der Waals surface area (Å²) in [5, 5.41) is 2.31. The molecule has 82 valence electrons. The molecular weight excluding hydrogens is 223 g/mol. The van der Waals surface area contributed by atoms with E-state index < -0.39 is 8.25 Å². The zero-order chi connectivity index (χ0) is 11.4. The van der Waals surface area contributed by atoms with Gasteiger partial charge in [-0.3, -0.25) is 0 Å². The molecule has 0 aromatic heterocycles. The molecule has 0 saturated carbocycles. The zero-order valence-corrected chi connectivity index (χ0v) is 9.52. The summed E-state index contributed by atoms with van der Waals surface area (Å²) in [6.07, 6.45) is 0.602. The van der Waals surface area contributed by atoms with E-state index in [0.717, 1.165) is 16.3 Å². The van der Waals surface area contributed by atoms with Crippen LogP contribution in [0.2, 0.25) is 0 Å². The van der Waals surface area contributed by atoms with Crippen molar-refractivity contribution < 1.29 is 14.0 Å². The third kappa shape index (κ3) is 2.64. The third-order valence-electron chi connectivity index (χ3n) is 2.45. The highest BCUT2D eigenvalue weighted by Crippen LogP contribution is 2.19. The first-order valence-electron chi connectivity index (χ1n) is 5.01. The van der Waals surface area contributed by atoms with E-state index in [1.165, 1.54) is 0 Å². The molecular formula is C12H11O3P. The van der Waals surface area contributed by atoms with Gasteiger partial charge in [-0.15, -0.1) is 4.52 Å². The molecule has 2 rings (SSSR count). The molecule has 16 heavy (non-hydrogen) atoms. The molecule has 1 atom stereocenters. The zero-order valence-electron chi connectivity index (χ0n) is 8.63. The van der Waals surface area contributed by atoms with E-state index in [9.17, 15) is 9.46 Å². The van der Waals surface area contributed by atoms with Gasteiger partial charge in [-0.2, -0.15) is 0 Å². The van der Waals surface area contributed by atoms with Crippen LogP contribution in [0.1, 0.15) is 5.56 Å². The Labute approximate surface area is 94.6 Å². The Kier molecular flexibility index (Phi) is 3.62. The molecule has 2 aromatic rings. The van der Waals surface area contributed by atoms with Gasteiger partial charge in [-0.1, -0.05) is 42.5 Å². The molecule has 0 aliphatic heterocycles. The van der Waals surface area contributed by atoms with Crippen LogP contribution >= 0.6 is 8.25 Å². The molecule has 0 spiro atoms. The average molecular weight is 234 g/mol. The van der Waals surface area contributed by atoms with E-state index in [-0.39, 0.29) is 6.61 Å². The van der Waals surface area contributed by atoms with Crippen molar-refractivity contribution in [2.24, 2.45) is 0 Å². The first kappa shape index (κ1) is 11.2. The Balaban J connectivity index is 2.20. The van der Waals surface area contributed by atoms with Gasteiger partial charge in [-0.05, 0) is 20.9 Å². The first-order valence-corrected chi connectivity index (χ1v) is 6.11. The largest absolute Gasteiger partial charge is 0.566 e. The molecule has 0 aliphatic carbocycles. The minimum Gasteiger partial charge on any atom is -0.566 e. The van der Waals surface area contributed by atoms with Crippen LogP contribution in [0.25, 0.3) is 10.8 Å². The molecule has 2 aromatic carbocycles. The summed E-state index contributed by atoms with van der Waals surface area (Å²) in [6, 6.07) is 14.0. The van der Waals surface area contributed by atoms with E-state index in [2.05, 4.69) is 4.52 Å². The summed E-state index contributed by atoms with van der Waals surface area (Å²) >= 11 is 0. The highest BCUT2D eigenvalue weighted by molar-refractivity contribution is 7.30. The Hall–Kier alpha value is -1.28. The van der Waals surface area contributed by atoms with Crippen molar-refractivity contribution in [1.29, 1.82) is 0 Å². The highest BCUT2D eigenvalue weighted by Gasteiger charge is 2.04. The lowest BCUT2D eigenvalue weighted by Crippen LogP contribution is -1.98. The Morgan fingerprint density at radius 3 is 2.69 bits per heavy atom. The van der Waals surface area contributed by atoms with Gasteiger partial charge >= 0.3 is 8.25 Å². The van der Waals surface area contributed by atoms with Gasteiger partial charge in [-0.25, -0.2) is 0 Å². The SMILES string of the molecule is O=[P+]([O-])OCCc1cccc2ccccc12. The molecule has 0 saturated heterocycles. The summed E-state index contributed by atoms with van der Waals surface area (Å²) < 4.78 is 14.8. The van der Waals surface area contributed by atoms with Crippen LogP contribution in [0.5, 0.6) is 0 Å². The van der Waals surface area contributed by atoms with Gasteiger partial charge < -0.3 is 4.89 Å². The fraction of sp³-hybridized carbons (Fsp3) is 0.167. The minimum atomic E-state index is -2.74. The standard InChI is InChI=1S/C12H11O3P/c13-16(14)15-9-8-11-6-3-5-10-4-1-2-7-12(10)11/h1-7H,8-9H2. The molecule has 3 nitrogen and oxygen atoms in total. The van der Waals surface area contributed by atoms with Crippen molar-refractivity contribution >= 4 is 19.0 Å². The normalized spacial score (nSPS) is 11.7. The van der Waals surface area contributed by atoms with E-state index in [4.69, 9.17) is 0 Å². The lowest BCUT2D eigenvalue weighted by Gasteiger charge is -2.04. The number of benzene rings is 2. The second-order valence-electron chi connectivity index (χ2n) is 3.45. The van der Waals surface area contributed by atoms with E-state index in [0.29, 0.717) is 6.42 Å². The van der Waals surface area contributed by atoms with E-state index >= 15 is 0 Å². The van der Waals surface area contributed by atoms with Crippen LogP contribution in [0.15, 0.2) is 42.5 Å². The predicted octanol–water partition coefficient (Wildman–Crippen LogP) is 2.42. The number of rotatable bonds is 4. The van der Waals surface area contributed by atoms with Gasteiger partial charge in [0, 0.05) is 6.42 Å². The monoisotopic (exact) mass is 234 g/mol. The van der Waals surface area contributed by atoms with Crippen molar-refractivity contribution in [1.82, 2.24) is 0 Å². The van der Waals surface area contributed by atoms with Gasteiger partial charge in [0.1, 0.15) is 6.61 Å². The van der Waals surface area contributed by atoms with Crippen molar-refractivity contribution in [3.8, 4) is 0 Å². The summed E-state index contributed by atoms with van der Waals surface area (Å²) in [6.45, 7) is 0.201.